The molecule has 1 N–H and O–H groups in total. The van der Waals surface area contributed by atoms with Crippen LogP contribution in [-0.4, -0.2) is 41.5 Å². The van der Waals surface area contributed by atoms with Gasteiger partial charge in [-0.15, -0.1) is 0 Å². The van der Waals surface area contributed by atoms with Gasteiger partial charge in [0.25, 0.3) is 0 Å². The number of nitrogens with zero attached hydrogens (tertiary/aromatic N) is 2. The van der Waals surface area contributed by atoms with Crippen LogP contribution in [0.25, 0.3) is 11.0 Å². The van der Waals surface area contributed by atoms with Gasteiger partial charge in [-0.3, -0.25) is 4.90 Å². The minimum Gasteiger partial charge on any atom is -0.460 e. The monoisotopic (exact) mass is 382 g/mol. The number of aliphatic hydroxyl groups excluding tert-OH is 1. The lowest BCUT2D eigenvalue weighted by atomic mass is 10.1. The predicted molar refractivity (Wildman–Crippen MR) is 113 cm³/mol. The van der Waals surface area contributed by atoms with Gasteiger partial charge < -0.3 is 13.8 Å². The molecule has 0 aliphatic carbocycles. The van der Waals surface area contributed by atoms with Gasteiger partial charge in [-0.1, -0.05) is 36.4 Å². The molecule has 1 saturated heterocycles. The second kappa shape index (κ2) is 8.83. The van der Waals surface area contributed by atoms with E-state index in [1.54, 1.807) is 11.9 Å². The number of hydrogen-bond acceptors (Lipinski definition) is 5. The molecule has 5 heteroatoms. The summed E-state index contributed by atoms with van der Waals surface area (Å²) in [5.41, 5.74) is 2.11. The first-order valence-electron chi connectivity index (χ1n) is 9.61. The first-order chi connectivity index (χ1) is 13.3. The van der Waals surface area contributed by atoms with Gasteiger partial charge in [0.2, 0.25) is 0 Å². The summed E-state index contributed by atoms with van der Waals surface area (Å²) in [6.45, 7) is 3.48. The number of fused-ring (bicyclic) bond motifs is 1. The van der Waals surface area contributed by atoms with Crippen molar-refractivity contribution in [1.82, 2.24) is 4.90 Å². The fourth-order valence-corrected chi connectivity index (χ4v) is 4.65. The lowest BCUT2D eigenvalue weighted by Gasteiger charge is -2.30. The Balaban J connectivity index is 1.42. The van der Waals surface area contributed by atoms with Crippen molar-refractivity contribution in [1.29, 1.82) is 0 Å². The van der Waals surface area contributed by atoms with Crippen molar-refractivity contribution in [2.45, 2.75) is 25.5 Å². The highest BCUT2D eigenvalue weighted by Gasteiger charge is 2.18. The highest BCUT2D eigenvalue weighted by molar-refractivity contribution is 8.00. The largest absolute Gasteiger partial charge is 0.460 e. The minimum atomic E-state index is -0.302. The Labute approximate surface area is 164 Å². The Hall–Kier alpha value is -1.95. The molecule has 1 aliphatic heterocycles. The molecule has 4 nitrogen and oxygen atoms in total. The van der Waals surface area contributed by atoms with Crippen molar-refractivity contribution in [2.75, 3.05) is 29.7 Å². The highest BCUT2D eigenvalue weighted by Crippen LogP contribution is 2.25. The van der Waals surface area contributed by atoms with Crippen molar-refractivity contribution >= 4 is 28.6 Å². The topological polar surface area (TPSA) is 39.9 Å². The molecule has 0 spiro atoms. The maximum absolute atomic E-state index is 10.4. The summed E-state index contributed by atoms with van der Waals surface area (Å²) in [5, 5.41) is 11.6. The zero-order valence-electron chi connectivity index (χ0n) is 15.5. The van der Waals surface area contributed by atoms with Gasteiger partial charge in [0.15, 0.2) is 0 Å². The Morgan fingerprint density at radius 2 is 1.85 bits per heavy atom. The average molecular weight is 383 g/mol. The van der Waals surface area contributed by atoms with Crippen LogP contribution >= 0.6 is 11.9 Å². The third-order valence-electron chi connectivity index (χ3n) is 4.94. The van der Waals surface area contributed by atoms with E-state index in [1.807, 2.05) is 24.3 Å². The minimum absolute atomic E-state index is 0.302. The van der Waals surface area contributed by atoms with Gasteiger partial charge in [0.05, 0.1) is 19.2 Å². The van der Waals surface area contributed by atoms with E-state index < -0.39 is 0 Å². The van der Waals surface area contributed by atoms with E-state index >= 15 is 0 Å². The molecule has 3 aromatic rings. The number of β-amino-alcohol motifs (C(OH)–C–C–N with tert-alkyl or cyclic N) is 1. The standard InChI is InChI=1S/C22H26N2O2S/c25-20-10-6-12-23(17-21-15-18-7-4-5-11-22(18)26-21)13-14-27-24(16-20)19-8-2-1-3-9-19/h1-5,7-9,11,15,20,25H,6,10,12-14,16-17H2/t20-/m1/s1. The molecule has 2 heterocycles. The molecular weight excluding hydrogens is 356 g/mol. The van der Waals surface area contributed by atoms with Gasteiger partial charge in [-0.25, -0.2) is 0 Å². The predicted octanol–water partition coefficient (Wildman–Crippen LogP) is 4.54. The van der Waals surface area contributed by atoms with Crippen LogP contribution in [0.5, 0.6) is 0 Å². The molecule has 0 bridgehead atoms. The molecule has 1 atom stereocenters. The Bertz CT molecular complexity index is 819. The quantitative estimate of drug-likeness (QED) is 0.673. The molecule has 1 aliphatic rings. The van der Waals surface area contributed by atoms with Crippen molar-refractivity contribution in [2.24, 2.45) is 0 Å². The van der Waals surface area contributed by atoms with Crippen molar-refractivity contribution in [3.05, 3.63) is 66.4 Å². The number of para-hydroxylation sites is 2. The second-order valence-electron chi connectivity index (χ2n) is 7.05. The zero-order chi connectivity index (χ0) is 18.5. The Morgan fingerprint density at radius 3 is 2.70 bits per heavy atom. The zero-order valence-corrected chi connectivity index (χ0v) is 16.3. The van der Waals surface area contributed by atoms with Gasteiger partial charge in [0, 0.05) is 23.4 Å². The summed E-state index contributed by atoms with van der Waals surface area (Å²) in [7, 11) is 0. The van der Waals surface area contributed by atoms with E-state index in [0.29, 0.717) is 6.54 Å². The van der Waals surface area contributed by atoms with Crippen LogP contribution in [0.2, 0.25) is 0 Å². The van der Waals surface area contributed by atoms with Crippen molar-refractivity contribution < 1.29 is 9.52 Å². The fourth-order valence-electron chi connectivity index (χ4n) is 3.55. The lowest BCUT2D eigenvalue weighted by Crippen LogP contribution is -2.34. The SMILES string of the molecule is O[C@@H]1CCCN(Cc2cc3ccccc3o2)CCSN(c2ccccc2)C1. The van der Waals surface area contributed by atoms with Crippen LogP contribution in [0.15, 0.2) is 65.1 Å². The van der Waals surface area contributed by atoms with Gasteiger partial charge in [-0.05, 0) is 55.6 Å². The summed E-state index contributed by atoms with van der Waals surface area (Å²) < 4.78 is 8.23. The van der Waals surface area contributed by atoms with Crippen LogP contribution in [0, 0.1) is 0 Å². The molecule has 1 aromatic heterocycles. The van der Waals surface area contributed by atoms with Crippen LogP contribution in [-0.2, 0) is 6.54 Å². The molecule has 142 valence electrons. The van der Waals surface area contributed by atoms with E-state index in [2.05, 4.69) is 45.6 Å². The third kappa shape index (κ3) is 4.86. The van der Waals surface area contributed by atoms with E-state index in [4.69, 9.17) is 4.42 Å². The summed E-state index contributed by atoms with van der Waals surface area (Å²) in [6.07, 6.45) is 1.51. The number of benzene rings is 2. The molecule has 2 aromatic carbocycles. The molecule has 27 heavy (non-hydrogen) atoms. The summed E-state index contributed by atoms with van der Waals surface area (Å²) in [6, 6.07) is 20.7. The molecule has 0 saturated carbocycles. The van der Waals surface area contributed by atoms with Crippen molar-refractivity contribution in [3.8, 4) is 0 Å². The fraction of sp³-hybridized carbons (Fsp3) is 0.364. The maximum Gasteiger partial charge on any atom is 0.134 e. The number of hydrogen-bond donors (Lipinski definition) is 1. The van der Waals surface area contributed by atoms with Gasteiger partial charge in [0.1, 0.15) is 11.3 Å². The van der Waals surface area contributed by atoms with E-state index in [0.717, 1.165) is 60.6 Å². The van der Waals surface area contributed by atoms with Gasteiger partial charge in [-0.2, -0.15) is 0 Å². The van der Waals surface area contributed by atoms with Crippen LogP contribution in [0.4, 0.5) is 5.69 Å². The maximum atomic E-state index is 10.4. The molecular formula is C22H26N2O2S. The van der Waals surface area contributed by atoms with Gasteiger partial charge >= 0.3 is 0 Å². The number of rotatable bonds is 3. The Kier molecular flexibility index (Phi) is 6.02. The third-order valence-corrected chi connectivity index (χ3v) is 5.98. The molecule has 4 rings (SSSR count). The van der Waals surface area contributed by atoms with Crippen LogP contribution in [0.1, 0.15) is 18.6 Å². The molecule has 0 radical (unpaired) electrons. The number of aliphatic hydroxyl groups is 1. The van der Waals surface area contributed by atoms with E-state index in [-0.39, 0.29) is 6.10 Å². The van der Waals surface area contributed by atoms with Crippen molar-refractivity contribution in [3.63, 3.8) is 0 Å². The first-order valence-corrected chi connectivity index (χ1v) is 10.6. The highest BCUT2D eigenvalue weighted by atomic mass is 32.2. The normalized spacial score (nSPS) is 20.0. The smallest absolute Gasteiger partial charge is 0.134 e. The Morgan fingerprint density at radius 1 is 1.04 bits per heavy atom. The summed E-state index contributed by atoms with van der Waals surface area (Å²) in [5.74, 6) is 2.00. The van der Waals surface area contributed by atoms with Crippen LogP contribution in [0.3, 0.4) is 0 Å². The average Bonchev–Trinajstić information content (AvgIpc) is 3.10. The number of furan rings is 1. The molecule has 0 amide bonds. The molecule has 1 fully saturated rings. The molecule has 0 unspecified atom stereocenters. The summed E-state index contributed by atoms with van der Waals surface area (Å²) in [4.78, 5) is 2.44. The second-order valence-corrected chi connectivity index (χ2v) is 8.16. The van der Waals surface area contributed by atoms with Crippen LogP contribution < -0.4 is 4.31 Å². The van der Waals surface area contributed by atoms with E-state index in [9.17, 15) is 5.11 Å². The lowest BCUT2D eigenvalue weighted by molar-refractivity contribution is 0.159. The van der Waals surface area contributed by atoms with E-state index in [1.165, 1.54) is 0 Å². The number of anilines is 1. The summed E-state index contributed by atoms with van der Waals surface area (Å²) >= 11 is 1.80. The first kappa shape index (κ1) is 18.4.